The van der Waals surface area contributed by atoms with E-state index in [0.717, 1.165) is 11.1 Å². The highest BCUT2D eigenvalue weighted by Crippen LogP contribution is 2.10. The number of carbonyl (C=O) groups is 4. The van der Waals surface area contributed by atoms with E-state index in [1.54, 1.807) is 0 Å². The molecule has 0 bridgehead atoms. The smallest absolute Gasteiger partial charge is 0.328 e. The van der Waals surface area contributed by atoms with Gasteiger partial charge in [0.2, 0.25) is 17.7 Å². The van der Waals surface area contributed by atoms with Crippen molar-refractivity contribution >= 4 is 23.7 Å². The second-order valence-electron chi connectivity index (χ2n) is 9.27. The summed E-state index contributed by atoms with van der Waals surface area (Å²) in [5.74, 6) is -2.30. The predicted octanol–water partition coefficient (Wildman–Crippen LogP) is 1.53. The summed E-state index contributed by atoms with van der Waals surface area (Å²) in [5, 5.41) is 17.2. The molecule has 0 fully saturated rings. The summed E-state index contributed by atoms with van der Waals surface area (Å²) >= 11 is 0. The molecule has 0 aromatic heterocycles. The van der Waals surface area contributed by atoms with Gasteiger partial charge in [-0.3, -0.25) is 14.4 Å². The van der Waals surface area contributed by atoms with Crippen molar-refractivity contribution < 1.29 is 29.0 Å². The average molecular weight is 512 g/mol. The molecule has 0 spiro atoms. The molecule has 0 aliphatic rings. The lowest BCUT2D eigenvalue weighted by atomic mass is 10.00. The summed E-state index contributed by atoms with van der Waals surface area (Å²) in [7, 11) is 1.25. The lowest BCUT2D eigenvalue weighted by Gasteiger charge is -2.26. The maximum atomic E-state index is 13.3. The summed E-state index contributed by atoms with van der Waals surface area (Å²) < 4.78 is 4.88. The van der Waals surface area contributed by atoms with Gasteiger partial charge in [0.05, 0.1) is 7.11 Å². The van der Waals surface area contributed by atoms with E-state index in [9.17, 15) is 24.3 Å². The Balaban J connectivity index is 2.15. The van der Waals surface area contributed by atoms with Crippen LogP contribution in [0.25, 0.3) is 0 Å². The first kappa shape index (κ1) is 29.5. The number of benzene rings is 2. The maximum Gasteiger partial charge on any atom is 0.328 e. The quantitative estimate of drug-likeness (QED) is 0.284. The number of amides is 3. The Morgan fingerprint density at radius 3 is 1.86 bits per heavy atom. The lowest BCUT2D eigenvalue weighted by molar-refractivity contribution is -0.145. The largest absolute Gasteiger partial charge is 0.467 e. The van der Waals surface area contributed by atoms with Crippen molar-refractivity contribution in [2.75, 3.05) is 13.7 Å². The number of rotatable bonds is 14. The molecule has 0 saturated heterocycles. The standard InChI is InChI=1S/C28H37N3O6/c1-19(2)16-23(27(35)31-24(28(36)37-3)17-21-12-8-5-9-13-21)30-26(34)22(29-25(33)18-32)15-14-20-10-6-4-7-11-20/h4-13,19,22-24,32H,14-18H2,1-3H3,(H,29,33)(H,30,34)(H,31,35)/t22-,23-,24-/m0/s1. The molecule has 0 radical (unpaired) electrons. The number of aliphatic hydroxyl groups excluding tert-OH is 1. The third kappa shape index (κ3) is 10.4. The monoisotopic (exact) mass is 511 g/mol. The van der Waals surface area contributed by atoms with Crippen molar-refractivity contribution in [1.29, 1.82) is 0 Å². The lowest BCUT2D eigenvalue weighted by Crippen LogP contribution is -2.56. The molecular weight excluding hydrogens is 474 g/mol. The van der Waals surface area contributed by atoms with Gasteiger partial charge in [-0.15, -0.1) is 0 Å². The van der Waals surface area contributed by atoms with Crippen molar-refractivity contribution in [2.45, 2.75) is 57.7 Å². The van der Waals surface area contributed by atoms with Crippen molar-refractivity contribution in [3.63, 3.8) is 0 Å². The van der Waals surface area contributed by atoms with Crippen LogP contribution in [0.15, 0.2) is 60.7 Å². The Hall–Kier alpha value is -3.72. The van der Waals surface area contributed by atoms with Crippen molar-refractivity contribution in [3.8, 4) is 0 Å². The number of nitrogens with one attached hydrogen (secondary N) is 3. The van der Waals surface area contributed by atoms with E-state index in [1.807, 2.05) is 74.5 Å². The van der Waals surface area contributed by atoms with E-state index in [0.29, 0.717) is 12.8 Å². The summed E-state index contributed by atoms with van der Waals surface area (Å²) in [6, 6.07) is 15.9. The van der Waals surface area contributed by atoms with E-state index in [1.165, 1.54) is 7.11 Å². The summed E-state index contributed by atoms with van der Waals surface area (Å²) in [4.78, 5) is 50.8. The third-order valence-corrected chi connectivity index (χ3v) is 5.78. The third-order valence-electron chi connectivity index (χ3n) is 5.78. The molecule has 4 N–H and O–H groups in total. The van der Waals surface area contributed by atoms with E-state index in [2.05, 4.69) is 16.0 Å². The van der Waals surface area contributed by atoms with E-state index in [-0.39, 0.29) is 18.8 Å². The fourth-order valence-corrected chi connectivity index (χ4v) is 3.90. The molecule has 37 heavy (non-hydrogen) atoms. The van der Waals surface area contributed by atoms with Gasteiger partial charge in [0.15, 0.2) is 0 Å². The Morgan fingerprint density at radius 2 is 1.32 bits per heavy atom. The van der Waals surface area contributed by atoms with Gasteiger partial charge in [0.25, 0.3) is 0 Å². The van der Waals surface area contributed by atoms with Crippen LogP contribution in [0.1, 0.15) is 37.8 Å². The molecule has 3 atom stereocenters. The SMILES string of the molecule is COC(=O)[C@H](Cc1ccccc1)NC(=O)[C@H](CC(C)C)NC(=O)[C@H](CCc1ccccc1)NC(=O)CO. The molecule has 0 aliphatic heterocycles. The molecule has 9 nitrogen and oxygen atoms in total. The van der Waals surface area contributed by atoms with Crippen LogP contribution in [0.4, 0.5) is 0 Å². The zero-order chi connectivity index (χ0) is 27.2. The molecule has 0 saturated carbocycles. The number of aliphatic hydroxyl groups is 1. The fraction of sp³-hybridized carbons (Fsp3) is 0.429. The minimum atomic E-state index is -0.956. The van der Waals surface area contributed by atoms with Crippen LogP contribution in [0, 0.1) is 5.92 Å². The normalized spacial score (nSPS) is 13.2. The first-order chi connectivity index (χ1) is 17.7. The molecular formula is C28H37N3O6. The second-order valence-corrected chi connectivity index (χ2v) is 9.27. The highest BCUT2D eigenvalue weighted by atomic mass is 16.5. The summed E-state index contributed by atoms with van der Waals surface area (Å²) in [6.45, 7) is 3.06. The molecule has 2 aromatic carbocycles. The molecule has 0 unspecified atom stereocenters. The Bertz CT molecular complexity index is 1010. The number of aryl methyl sites for hydroxylation is 1. The number of carbonyl (C=O) groups excluding carboxylic acids is 4. The van der Waals surface area contributed by atoms with Gasteiger partial charge in [0.1, 0.15) is 24.7 Å². The molecule has 200 valence electrons. The minimum Gasteiger partial charge on any atom is -0.467 e. The molecule has 0 heterocycles. The van der Waals surface area contributed by atoms with Crippen LogP contribution < -0.4 is 16.0 Å². The maximum absolute atomic E-state index is 13.3. The topological polar surface area (TPSA) is 134 Å². The van der Waals surface area contributed by atoms with Crippen molar-refractivity contribution in [1.82, 2.24) is 16.0 Å². The fourth-order valence-electron chi connectivity index (χ4n) is 3.90. The van der Waals surface area contributed by atoms with Crippen LogP contribution >= 0.6 is 0 Å². The number of ether oxygens (including phenoxy) is 1. The van der Waals surface area contributed by atoms with Gasteiger partial charge < -0.3 is 25.8 Å². The minimum absolute atomic E-state index is 0.0524. The van der Waals surface area contributed by atoms with Gasteiger partial charge in [-0.25, -0.2) is 4.79 Å². The van der Waals surface area contributed by atoms with Crippen LogP contribution in [0.2, 0.25) is 0 Å². The van der Waals surface area contributed by atoms with Gasteiger partial charge in [-0.05, 0) is 36.3 Å². The van der Waals surface area contributed by atoms with Crippen LogP contribution in [-0.4, -0.2) is 60.6 Å². The second kappa shape index (κ2) is 15.4. The van der Waals surface area contributed by atoms with E-state index >= 15 is 0 Å². The molecule has 3 amide bonds. The summed E-state index contributed by atoms with van der Waals surface area (Å²) in [5.41, 5.74) is 1.83. The number of hydrogen-bond acceptors (Lipinski definition) is 6. The Morgan fingerprint density at radius 1 is 0.784 bits per heavy atom. The highest BCUT2D eigenvalue weighted by molar-refractivity contribution is 5.93. The van der Waals surface area contributed by atoms with Gasteiger partial charge in [-0.2, -0.15) is 0 Å². The zero-order valence-electron chi connectivity index (χ0n) is 21.6. The van der Waals surface area contributed by atoms with Gasteiger partial charge >= 0.3 is 5.97 Å². The zero-order valence-corrected chi connectivity index (χ0v) is 21.6. The number of hydrogen-bond donors (Lipinski definition) is 4. The molecule has 2 aromatic rings. The summed E-state index contributed by atoms with van der Waals surface area (Å²) in [6.07, 6.45) is 1.33. The van der Waals surface area contributed by atoms with E-state index in [4.69, 9.17) is 4.74 Å². The first-order valence-corrected chi connectivity index (χ1v) is 12.4. The average Bonchev–Trinajstić information content (AvgIpc) is 2.90. The number of methoxy groups -OCH3 is 1. The first-order valence-electron chi connectivity index (χ1n) is 12.4. The molecule has 0 aliphatic carbocycles. The van der Waals surface area contributed by atoms with E-state index < -0.39 is 48.4 Å². The van der Waals surface area contributed by atoms with Crippen LogP contribution in [-0.2, 0) is 36.8 Å². The molecule has 2 rings (SSSR count). The van der Waals surface area contributed by atoms with Crippen molar-refractivity contribution in [3.05, 3.63) is 71.8 Å². The Kier molecular flexibility index (Phi) is 12.3. The Labute approximate surface area is 218 Å². The molecule has 9 heteroatoms. The number of esters is 1. The van der Waals surface area contributed by atoms with Crippen LogP contribution in [0.5, 0.6) is 0 Å². The highest BCUT2D eigenvalue weighted by Gasteiger charge is 2.30. The van der Waals surface area contributed by atoms with Crippen molar-refractivity contribution in [2.24, 2.45) is 5.92 Å². The predicted molar refractivity (Wildman–Crippen MR) is 139 cm³/mol. The van der Waals surface area contributed by atoms with Gasteiger partial charge in [0, 0.05) is 6.42 Å². The van der Waals surface area contributed by atoms with Gasteiger partial charge in [-0.1, -0.05) is 74.5 Å². The van der Waals surface area contributed by atoms with Crippen LogP contribution in [0.3, 0.4) is 0 Å².